The van der Waals surface area contributed by atoms with Crippen molar-refractivity contribution in [3.05, 3.63) is 0 Å². The Balaban J connectivity index is 0. The van der Waals surface area contributed by atoms with Crippen molar-refractivity contribution < 1.29 is 22.5 Å². The number of carbonyl (C=O) groups is 1. The number of thiocarbonyl (C=S) groups is 1. The van der Waals surface area contributed by atoms with Gasteiger partial charge in [0.1, 0.15) is 0 Å². The largest absolute Gasteiger partial charge is 0.474 e. The van der Waals surface area contributed by atoms with Gasteiger partial charge in [0.05, 0.1) is 12.9 Å². The van der Waals surface area contributed by atoms with E-state index in [1.807, 2.05) is 0 Å². The van der Waals surface area contributed by atoms with Crippen LogP contribution in [-0.4, -0.2) is 42.8 Å². The molecule has 0 fully saturated rings. The highest BCUT2D eigenvalue weighted by Crippen LogP contribution is 1.79. The van der Waals surface area contributed by atoms with Crippen LogP contribution in [0.15, 0.2) is 0 Å². The Bertz CT molecular complexity index is 298. The minimum Gasteiger partial charge on any atom is -0.474 e. The van der Waals surface area contributed by atoms with E-state index in [1.165, 1.54) is 7.11 Å². The third-order valence-electron chi connectivity index (χ3n) is 0.815. The molecular weight excluding hydrogens is 264 g/mol. The molecule has 0 aliphatic carbocycles. The first kappa shape index (κ1) is 16.8. The van der Waals surface area contributed by atoms with E-state index in [0.717, 1.165) is 0 Å². The van der Waals surface area contributed by atoms with Gasteiger partial charge in [0.2, 0.25) is 0 Å². The number of hydrogen-bond donors (Lipinski definition) is 4. The van der Waals surface area contributed by atoms with Crippen molar-refractivity contribution in [2.75, 3.05) is 19.4 Å². The summed E-state index contributed by atoms with van der Waals surface area (Å²) in [6.07, 6.45) is 0. The molecule has 0 saturated carbocycles. The molecule has 15 heavy (non-hydrogen) atoms. The second-order valence-electron chi connectivity index (χ2n) is 2.04. The Morgan fingerprint density at radius 3 is 2.33 bits per heavy atom. The van der Waals surface area contributed by atoms with Crippen LogP contribution in [0.4, 0.5) is 4.79 Å². The molecule has 0 bridgehead atoms. The zero-order chi connectivity index (χ0) is 12.5. The number of nitrogens with one attached hydrogen (secondary N) is 1. The molecule has 0 aliphatic rings. The molecule has 10 heteroatoms. The van der Waals surface area contributed by atoms with Gasteiger partial charge in [-0.2, -0.15) is 8.42 Å². The van der Waals surface area contributed by atoms with E-state index in [9.17, 15) is 8.42 Å². The van der Waals surface area contributed by atoms with Crippen molar-refractivity contribution >= 4 is 45.4 Å². The molecule has 0 radical (unpaired) electrons. The zero-order valence-corrected chi connectivity index (χ0v) is 10.4. The van der Waals surface area contributed by atoms with Crippen LogP contribution < -0.4 is 11.1 Å². The normalized spacial score (nSPS) is 9.53. The predicted octanol–water partition coefficient (Wildman–Crippen LogP) is -0.610. The smallest absolute Gasteiger partial charge is 0.273 e. The van der Waals surface area contributed by atoms with Crippen LogP contribution in [0.5, 0.6) is 0 Å². The Labute approximate surface area is 98.5 Å². The summed E-state index contributed by atoms with van der Waals surface area (Å²) in [5, 5.41) is 1.93. The van der Waals surface area contributed by atoms with Gasteiger partial charge in [-0.3, -0.25) is 9.35 Å². The van der Waals surface area contributed by atoms with Gasteiger partial charge in [-0.05, 0) is 12.2 Å². The van der Waals surface area contributed by atoms with Gasteiger partial charge in [-0.15, -0.1) is 0 Å². The second-order valence-corrected chi connectivity index (χ2v) is 4.43. The summed E-state index contributed by atoms with van der Waals surface area (Å²) >= 11 is 7.64. The number of ether oxygens (including phenoxy) is 1. The summed E-state index contributed by atoms with van der Waals surface area (Å²) in [7, 11) is -2.54. The number of nitrogens with two attached hydrogens (primary N) is 1. The van der Waals surface area contributed by atoms with Crippen molar-refractivity contribution in [3.63, 3.8) is 0 Å². The topological polar surface area (TPSA) is 119 Å². The summed E-state index contributed by atoms with van der Waals surface area (Å²) in [5.41, 5.74) is 4.34. The van der Waals surface area contributed by atoms with Crippen LogP contribution in [0.25, 0.3) is 0 Å². The fraction of sp³-hybridized carbons (Fsp3) is 0.600. The van der Waals surface area contributed by atoms with E-state index >= 15 is 0 Å². The van der Waals surface area contributed by atoms with Gasteiger partial charge >= 0.3 is 0 Å². The maximum atomic E-state index is 10.1. The van der Waals surface area contributed by atoms with Crippen LogP contribution in [0, 0.1) is 0 Å². The third-order valence-corrected chi connectivity index (χ3v) is 1.85. The number of methoxy groups -OCH3 is 1. The molecular formula is C5H12N2O5S3. The number of thiol groups is 1. The van der Waals surface area contributed by atoms with Crippen molar-refractivity contribution in [2.45, 2.75) is 0 Å². The number of carbonyl (C=O) groups excluding carboxylic acids is 1. The van der Waals surface area contributed by atoms with E-state index in [1.54, 1.807) is 0 Å². The molecule has 0 aromatic rings. The summed E-state index contributed by atoms with van der Waals surface area (Å²) in [6, 6.07) is 0. The molecule has 4 N–H and O–H groups in total. The molecule has 0 aliphatic heterocycles. The summed E-state index contributed by atoms with van der Waals surface area (Å²) in [5.74, 6) is -0.378. The number of amides is 1. The molecule has 0 saturated heterocycles. The molecule has 0 spiro atoms. The fourth-order valence-corrected chi connectivity index (χ4v) is 0.816. The van der Waals surface area contributed by atoms with Gasteiger partial charge in [-0.1, -0.05) is 12.6 Å². The highest BCUT2D eigenvalue weighted by molar-refractivity contribution is 7.96. The van der Waals surface area contributed by atoms with Gasteiger partial charge in [0.15, 0.2) is 0 Å². The zero-order valence-electron chi connectivity index (χ0n) is 7.84. The van der Waals surface area contributed by atoms with Crippen LogP contribution >= 0.6 is 24.8 Å². The fourth-order valence-electron chi connectivity index (χ4n) is 0.354. The lowest BCUT2D eigenvalue weighted by molar-refractivity contribution is 0.267. The maximum absolute atomic E-state index is 10.1. The molecule has 0 aromatic heterocycles. The molecule has 1 amide bonds. The standard InChI is InChI=1S/C4H9NO4S2.CH3NOS/c1-9-4(10)5-2-3-11(6,7)8;2-1(3)4/h2-3H2,1H3,(H,5,10)(H,6,7,8);(H3,2,3,4). The lowest BCUT2D eigenvalue weighted by Crippen LogP contribution is -2.28. The number of primary amides is 1. The van der Waals surface area contributed by atoms with Crippen LogP contribution in [0.2, 0.25) is 0 Å². The van der Waals surface area contributed by atoms with E-state index in [2.05, 4.69) is 40.6 Å². The Morgan fingerprint density at radius 2 is 2.07 bits per heavy atom. The summed E-state index contributed by atoms with van der Waals surface area (Å²) in [6.45, 7) is 0.0471. The quantitative estimate of drug-likeness (QED) is 0.308. The van der Waals surface area contributed by atoms with Crippen molar-refractivity contribution in [1.82, 2.24) is 5.32 Å². The molecule has 7 nitrogen and oxygen atoms in total. The van der Waals surface area contributed by atoms with Gasteiger partial charge in [0.25, 0.3) is 20.5 Å². The second kappa shape index (κ2) is 8.71. The lowest BCUT2D eigenvalue weighted by atomic mass is 10.7. The average Bonchev–Trinajstić information content (AvgIpc) is 2.00. The number of hydrogen-bond acceptors (Lipinski definition) is 5. The molecule has 90 valence electrons. The Hall–Kier alpha value is -0.580. The van der Waals surface area contributed by atoms with Gasteiger partial charge in [-0.25, -0.2) is 0 Å². The van der Waals surface area contributed by atoms with Crippen molar-refractivity contribution in [3.8, 4) is 0 Å². The van der Waals surface area contributed by atoms with E-state index in [0.29, 0.717) is 0 Å². The van der Waals surface area contributed by atoms with Crippen LogP contribution in [-0.2, 0) is 14.9 Å². The van der Waals surface area contributed by atoms with Crippen LogP contribution in [0.1, 0.15) is 0 Å². The minimum atomic E-state index is -3.91. The van der Waals surface area contributed by atoms with E-state index < -0.39 is 15.4 Å². The first-order chi connectivity index (χ1) is 6.69. The number of rotatable bonds is 3. The molecule has 0 aromatic carbocycles. The van der Waals surface area contributed by atoms with Crippen molar-refractivity contribution in [1.29, 1.82) is 0 Å². The highest BCUT2D eigenvalue weighted by Gasteiger charge is 2.03. The maximum Gasteiger partial charge on any atom is 0.273 e. The molecule has 0 atom stereocenters. The van der Waals surface area contributed by atoms with Crippen LogP contribution in [0.3, 0.4) is 0 Å². The van der Waals surface area contributed by atoms with Crippen molar-refractivity contribution in [2.24, 2.45) is 5.73 Å². The first-order valence-corrected chi connectivity index (χ1v) is 5.91. The minimum absolute atomic E-state index is 0.0471. The average molecular weight is 276 g/mol. The molecule has 0 heterocycles. The van der Waals surface area contributed by atoms with Gasteiger partial charge < -0.3 is 15.8 Å². The molecule has 0 rings (SSSR count). The Morgan fingerprint density at radius 1 is 1.67 bits per heavy atom. The highest BCUT2D eigenvalue weighted by atomic mass is 32.2. The first-order valence-electron chi connectivity index (χ1n) is 3.44. The third kappa shape index (κ3) is 24.7. The van der Waals surface area contributed by atoms with E-state index in [4.69, 9.17) is 9.35 Å². The lowest BCUT2D eigenvalue weighted by Gasteiger charge is -2.03. The molecule has 0 unspecified atom stereocenters. The van der Waals surface area contributed by atoms with Gasteiger partial charge in [0, 0.05) is 6.54 Å². The summed E-state index contributed by atoms with van der Waals surface area (Å²) in [4.78, 5) is 9.09. The monoisotopic (exact) mass is 276 g/mol. The summed E-state index contributed by atoms with van der Waals surface area (Å²) < 4.78 is 33.0. The Kier molecular flexibility index (Phi) is 9.77. The SMILES string of the molecule is COC(=S)NCCS(=O)(=O)O.NC(=O)S. The predicted molar refractivity (Wildman–Crippen MR) is 62.6 cm³/mol. The van der Waals surface area contributed by atoms with E-state index in [-0.39, 0.29) is 17.5 Å².